The Morgan fingerprint density at radius 3 is 2.63 bits per heavy atom. The number of nitrogens with zero attached hydrogens (tertiary/aromatic N) is 3. The molecule has 5 heteroatoms. The molecule has 0 unspecified atom stereocenters. The zero-order valence-corrected chi connectivity index (χ0v) is 16.2. The van der Waals surface area contributed by atoms with Crippen molar-refractivity contribution >= 4 is 5.91 Å². The van der Waals surface area contributed by atoms with E-state index in [4.69, 9.17) is 4.98 Å². The van der Waals surface area contributed by atoms with Crippen molar-refractivity contribution in [3.63, 3.8) is 0 Å². The van der Waals surface area contributed by atoms with Crippen molar-refractivity contribution in [2.45, 2.75) is 32.6 Å². The lowest BCUT2D eigenvalue weighted by atomic mass is 9.93. The summed E-state index contributed by atoms with van der Waals surface area (Å²) in [6.07, 6.45) is 2.15. The van der Waals surface area contributed by atoms with Crippen LogP contribution in [0.4, 0.5) is 4.39 Å². The molecule has 0 bridgehead atoms. The zero-order chi connectivity index (χ0) is 19.2. The number of likely N-dealkylation sites (N-methyl/N-ethyl adjacent to an activating group) is 1. The lowest BCUT2D eigenvalue weighted by molar-refractivity contribution is -0.132. The Hall–Kier alpha value is -2.27. The molecule has 3 rings (SSSR count). The number of likely N-dealkylation sites (tertiary alicyclic amines) is 1. The van der Waals surface area contributed by atoms with Crippen LogP contribution in [-0.4, -0.2) is 53.4 Å². The lowest BCUT2D eigenvalue weighted by Gasteiger charge is -2.33. The molecule has 144 valence electrons. The van der Waals surface area contributed by atoms with Crippen LogP contribution in [0.2, 0.25) is 0 Å². The van der Waals surface area contributed by atoms with Gasteiger partial charge in [0, 0.05) is 36.8 Å². The van der Waals surface area contributed by atoms with Crippen LogP contribution >= 0.6 is 0 Å². The van der Waals surface area contributed by atoms with Gasteiger partial charge in [-0.3, -0.25) is 14.7 Å². The monoisotopic (exact) mass is 369 g/mol. The largest absolute Gasteiger partial charge is 0.342 e. The second-order valence-electron chi connectivity index (χ2n) is 7.09. The first-order valence-corrected chi connectivity index (χ1v) is 9.83. The van der Waals surface area contributed by atoms with E-state index < -0.39 is 0 Å². The van der Waals surface area contributed by atoms with Crippen LogP contribution in [0.15, 0.2) is 42.5 Å². The Kier molecular flexibility index (Phi) is 6.56. The Morgan fingerprint density at radius 1 is 1.19 bits per heavy atom. The molecular weight excluding hydrogens is 341 g/mol. The number of hydrogen-bond donors (Lipinski definition) is 0. The molecule has 1 aliphatic rings. The van der Waals surface area contributed by atoms with Crippen molar-refractivity contribution < 1.29 is 9.18 Å². The van der Waals surface area contributed by atoms with Gasteiger partial charge in [0.25, 0.3) is 0 Å². The fourth-order valence-electron chi connectivity index (χ4n) is 3.77. The lowest BCUT2D eigenvalue weighted by Crippen LogP contribution is -2.43. The maximum Gasteiger partial charge on any atom is 0.236 e. The smallest absolute Gasteiger partial charge is 0.236 e. The van der Waals surface area contributed by atoms with E-state index in [-0.39, 0.29) is 11.7 Å². The van der Waals surface area contributed by atoms with E-state index in [9.17, 15) is 9.18 Å². The van der Waals surface area contributed by atoms with Crippen LogP contribution in [0.25, 0.3) is 11.3 Å². The Morgan fingerprint density at radius 2 is 1.93 bits per heavy atom. The Balaban J connectivity index is 1.70. The molecule has 1 aromatic carbocycles. The summed E-state index contributed by atoms with van der Waals surface area (Å²) in [4.78, 5) is 21.4. The van der Waals surface area contributed by atoms with Crippen LogP contribution in [0.3, 0.4) is 0 Å². The average molecular weight is 369 g/mol. The maximum atomic E-state index is 13.2. The van der Waals surface area contributed by atoms with Crippen LogP contribution in [0.1, 0.15) is 38.3 Å². The standard InChI is InChI=1S/C22H28FN3O/c1-3-26(4-2)22(27)16-25-14-6-7-18(15-25)21-9-5-8-20(24-21)17-10-12-19(23)13-11-17/h5,8-13,18H,3-4,6-7,14-16H2,1-2H3/t18-/m0/s1. The third-order valence-electron chi connectivity index (χ3n) is 5.31. The van der Waals surface area contributed by atoms with E-state index in [1.54, 1.807) is 12.1 Å². The molecule has 0 radical (unpaired) electrons. The second-order valence-corrected chi connectivity index (χ2v) is 7.09. The summed E-state index contributed by atoms with van der Waals surface area (Å²) >= 11 is 0. The van der Waals surface area contributed by atoms with Crippen molar-refractivity contribution in [1.29, 1.82) is 0 Å². The number of benzene rings is 1. The Labute approximate surface area is 161 Å². The van der Waals surface area contributed by atoms with Gasteiger partial charge in [-0.2, -0.15) is 0 Å². The van der Waals surface area contributed by atoms with Crippen LogP contribution < -0.4 is 0 Å². The summed E-state index contributed by atoms with van der Waals surface area (Å²) in [5.41, 5.74) is 2.84. The molecule has 2 heterocycles. The molecule has 0 saturated carbocycles. The molecule has 1 saturated heterocycles. The first-order chi connectivity index (χ1) is 13.1. The van der Waals surface area contributed by atoms with Gasteiger partial charge in [0.05, 0.1) is 12.2 Å². The Bertz CT molecular complexity index is 758. The topological polar surface area (TPSA) is 36.4 Å². The van der Waals surface area contributed by atoms with Gasteiger partial charge in [-0.25, -0.2) is 4.39 Å². The molecule has 1 aromatic heterocycles. The fraction of sp³-hybridized carbons (Fsp3) is 0.455. The van der Waals surface area contributed by atoms with Gasteiger partial charge in [0.1, 0.15) is 5.82 Å². The molecule has 0 aliphatic carbocycles. The van der Waals surface area contributed by atoms with Gasteiger partial charge >= 0.3 is 0 Å². The molecular formula is C22H28FN3O. The van der Waals surface area contributed by atoms with E-state index in [0.717, 1.165) is 56.0 Å². The minimum atomic E-state index is -0.240. The van der Waals surface area contributed by atoms with Crippen molar-refractivity contribution in [3.05, 3.63) is 54.0 Å². The highest BCUT2D eigenvalue weighted by atomic mass is 19.1. The van der Waals surface area contributed by atoms with Gasteiger partial charge < -0.3 is 4.90 Å². The molecule has 1 aliphatic heterocycles. The molecule has 0 spiro atoms. The van der Waals surface area contributed by atoms with Crippen LogP contribution in [0, 0.1) is 5.82 Å². The molecule has 2 aromatic rings. The van der Waals surface area contributed by atoms with Crippen LogP contribution in [-0.2, 0) is 4.79 Å². The van der Waals surface area contributed by atoms with Crippen LogP contribution in [0.5, 0.6) is 0 Å². The highest BCUT2D eigenvalue weighted by molar-refractivity contribution is 5.78. The summed E-state index contributed by atoms with van der Waals surface area (Å²) in [6.45, 7) is 7.85. The third-order valence-corrected chi connectivity index (χ3v) is 5.31. The normalized spacial score (nSPS) is 17.7. The van der Waals surface area contributed by atoms with E-state index in [2.05, 4.69) is 11.0 Å². The SMILES string of the molecule is CCN(CC)C(=O)CN1CCC[C@H](c2cccc(-c3ccc(F)cc3)n2)C1. The number of aromatic nitrogens is 1. The van der Waals surface area contributed by atoms with Gasteiger partial charge in [-0.05, 0) is 69.6 Å². The molecule has 27 heavy (non-hydrogen) atoms. The summed E-state index contributed by atoms with van der Waals surface area (Å²) < 4.78 is 13.2. The summed E-state index contributed by atoms with van der Waals surface area (Å²) in [6, 6.07) is 12.5. The molecule has 1 amide bonds. The minimum absolute atomic E-state index is 0.202. The fourth-order valence-corrected chi connectivity index (χ4v) is 3.77. The number of hydrogen-bond acceptors (Lipinski definition) is 3. The maximum absolute atomic E-state index is 13.2. The molecule has 1 fully saturated rings. The highest BCUT2D eigenvalue weighted by Gasteiger charge is 2.25. The van der Waals surface area contributed by atoms with Gasteiger partial charge in [-0.1, -0.05) is 6.07 Å². The molecule has 4 nitrogen and oxygen atoms in total. The predicted molar refractivity (Wildman–Crippen MR) is 106 cm³/mol. The van der Waals surface area contributed by atoms with E-state index in [1.165, 1.54) is 12.1 Å². The van der Waals surface area contributed by atoms with Gasteiger partial charge in [0.2, 0.25) is 5.91 Å². The summed E-state index contributed by atoms with van der Waals surface area (Å²) in [5.74, 6) is 0.285. The van der Waals surface area contributed by atoms with Crippen molar-refractivity contribution in [2.75, 3.05) is 32.7 Å². The number of halogens is 1. The van der Waals surface area contributed by atoms with E-state index >= 15 is 0 Å². The number of carbonyl (C=O) groups is 1. The van der Waals surface area contributed by atoms with Gasteiger partial charge in [0.15, 0.2) is 0 Å². The quantitative estimate of drug-likeness (QED) is 0.774. The first kappa shape index (κ1) is 19.5. The average Bonchev–Trinajstić information content (AvgIpc) is 2.70. The summed E-state index contributed by atoms with van der Waals surface area (Å²) in [7, 11) is 0. The number of carbonyl (C=O) groups excluding carboxylic acids is 1. The van der Waals surface area contributed by atoms with E-state index in [1.807, 2.05) is 30.9 Å². The number of piperidine rings is 1. The predicted octanol–water partition coefficient (Wildman–Crippen LogP) is 3.94. The molecule has 1 atom stereocenters. The minimum Gasteiger partial charge on any atom is -0.342 e. The van der Waals surface area contributed by atoms with E-state index in [0.29, 0.717) is 12.5 Å². The summed E-state index contributed by atoms with van der Waals surface area (Å²) in [5, 5.41) is 0. The first-order valence-electron chi connectivity index (χ1n) is 9.83. The number of pyridine rings is 1. The zero-order valence-electron chi connectivity index (χ0n) is 16.2. The number of rotatable bonds is 6. The molecule has 0 N–H and O–H groups in total. The second kappa shape index (κ2) is 9.09. The van der Waals surface area contributed by atoms with Crippen molar-refractivity contribution in [3.8, 4) is 11.3 Å². The number of amides is 1. The van der Waals surface area contributed by atoms with Gasteiger partial charge in [-0.15, -0.1) is 0 Å². The van der Waals surface area contributed by atoms with Crippen molar-refractivity contribution in [1.82, 2.24) is 14.8 Å². The van der Waals surface area contributed by atoms with Crippen molar-refractivity contribution in [2.24, 2.45) is 0 Å². The third kappa shape index (κ3) is 4.92. The highest BCUT2D eigenvalue weighted by Crippen LogP contribution is 2.27.